The summed E-state index contributed by atoms with van der Waals surface area (Å²) in [6.45, 7) is 1.65. The molecule has 2 atom stereocenters. The number of rotatable bonds is 5. The SMILES string of the molecule is CC1(C)OCC(C)(C(F)(F)C(F)OC(F)(F)C(F)(F)C(F)(F)F)O1. The zero-order valence-electron chi connectivity index (χ0n) is 12.3. The summed E-state index contributed by atoms with van der Waals surface area (Å²) < 4.78 is 140. The smallest absolute Gasteiger partial charge is 0.347 e. The molecule has 1 fully saturated rings. The van der Waals surface area contributed by atoms with Crippen LogP contribution in [0.4, 0.5) is 43.9 Å². The summed E-state index contributed by atoms with van der Waals surface area (Å²) in [5.74, 6) is -13.6. The second-order valence-corrected chi connectivity index (χ2v) is 5.67. The molecular weight excluding hydrogens is 370 g/mol. The van der Waals surface area contributed by atoms with Gasteiger partial charge in [-0.1, -0.05) is 0 Å². The van der Waals surface area contributed by atoms with Crippen LogP contribution in [0.15, 0.2) is 0 Å². The molecule has 0 aromatic rings. The molecule has 0 aliphatic carbocycles. The van der Waals surface area contributed by atoms with Gasteiger partial charge in [-0.25, -0.2) is 4.39 Å². The van der Waals surface area contributed by atoms with Crippen LogP contribution in [0.25, 0.3) is 0 Å². The van der Waals surface area contributed by atoms with Crippen molar-refractivity contribution in [3.63, 3.8) is 0 Å². The maximum absolute atomic E-state index is 13.9. The minimum Gasteiger partial charge on any atom is -0.347 e. The number of alkyl halides is 10. The third-order valence-corrected chi connectivity index (χ3v) is 3.13. The minimum absolute atomic E-state index is 0.498. The summed E-state index contributed by atoms with van der Waals surface area (Å²) in [5.41, 5.74) is -2.94. The molecule has 2 unspecified atom stereocenters. The van der Waals surface area contributed by atoms with Crippen LogP contribution < -0.4 is 0 Å². The lowest BCUT2D eigenvalue weighted by Crippen LogP contribution is -2.60. The van der Waals surface area contributed by atoms with Crippen molar-refractivity contribution in [1.82, 2.24) is 0 Å². The summed E-state index contributed by atoms with van der Waals surface area (Å²) in [6.07, 6.45) is -18.0. The zero-order valence-corrected chi connectivity index (χ0v) is 12.3. The van der Waals surface area contributed by atoms with Gasteiger partial charge in [0.1, 0.15) is 0 Å². The van der Waals surface area contributed by atoms with Crippen LogP contribution in [0.2, 0.25) is 0 Å². The molecule has 13 heteroatoms. The molecule has 1 aliphatic rings. The number of halogens is 10. The monoisotopic (exact) mass is 382 g/mol. The summed E-state index contributed by atoms with van der Waals surface area (Å²) >= 11 is 0. The molecule has 0 bridgehead atoms. The number of ether oxygens (including phenoxy) is 3. The van der Waals surface area contributed by atoms with Gasteiger partial charge in [-0.15, -0.1) is 0 Å². The van der Waals surface area contributed by atoms with Crippen LogP contribution in [0.1, 0.15) is 20.8 Å². The fourth-order valence-corrected chi connectivity index (χ4v) is 1.76. The standard InChI is InChI=1S/C11H12F10O3/c1-6(2)22-4-7(3,24-6)8(13,14)5(12)23-11(20,21)9(15,16)10(17,18)19/h5H,4H2,1-3H3. The van der Waals surface area contributed by atoms with E-state index >= 15 is 0 Å². The van der Waals surface area contributed by atoms with E-state index in [-0.39, 0.29) is 0 Å². The van der Waals surface area contributed by atoms with E-state index in [0.717, 1.165) is 13.8 Å². The molecule has 0 saturated carbocycles. The first-order chi connectivity index (χ1) is 10.3. The van der Waals surface area contributed by atoms with E-state index in [1.54, 1.807) is 0 Å². The third-order valence-electron chi connectivity index (χ3n) is 3.13. The molecule has 1 aliphatic heterocycles. The van der Waals surface area contributed by atoms with E-state index in [2.05, 4.69) is 9.47 Å². The van der Waals surface area contributed by atoms with Crippen LogP contribution in [-0.4, -0.2) is 48.5 Å². The molecule has 1 heterocycles. The van der Waals surface area contributed by atoms with Gasteiger partial charge >= 0.3 is 24.1 Å². The van der Waals surface area contributed by atoms with Crippen LogP contribution in [-0.2, 0) is 14.2 Å². The second-order valence-electron chi connectivity index (χ2n) is 5.67. The van der Waals surface area contributed by atoms with Crippen molar-refractivity contribution in [3.8, 4) is 0 Å². The number of hydrogen-bond donors (Lipinski definition) is 0. The maximum atomic E-state index is 13.9. The molecule has 0 aromatic heterocycles. The van der Waals surface area contributed by atoms with E-state index in [1.807, 2.05) is 0 Å². The Labute approximate surface area is 128 Å². The zero-order chi connectivity index (χ0) is 19.4. The van der Waals surface area contributed by atoms with Crippen LogP contribution in [0.3, 0.4) is 0 Å². The van der Waals surface area contributed by atoms with Gasteiger partial charge in [-0.3, -0.25) is 4.74 Å². The fourth-order valence-electron chi connectivity index (χ4n) is 1.76. The van der Waals surface area contributed by atoms with Crippen molar-refractivity contribution in [3.05, 3.63) is 0 Å². The van der Waals surface area contributed by atoms with Gasteiger partial charge in [-0.05, 0) is 20.8 Å². The Hall–Kier alpha value is -0.820. The first-order valence-electron chi connectivity index (χ1n) is 6.15. The van der Waals surface area contributed by atoms with Gasteiger partial charge in [0, 0.05) is 0 Å². The molecule has 0 N–H and O–H groups in total. The van der Waals surface area contributed by atoms with E-state index in [1.165, 1.54) is 0 Å². The summed E-state index contributed by atoms with van der Waals surface area (Å²) in [6, 6.07) is 0. The van der Waals surface area contributed by atoms with Crippen molar-refractivity contribution >= 4 is 0 Å². The van der Waals surface area contributed by atoms with Crippen LogP contribution in [0.5, 0.6) is 0 Å². The van der Waals surface area contributed by atoms with Gasteiger partial charge < -0.3 is 9.47 Å². The average molecular weight is 382 g/mol. The summed E-state index contributed by atoms with van der Waals surface area (Å²) in [7, 11) is 0. The highest BCUT2D eigenvalue weighted by Crippen LogP contribution is 2.50. The second kappa shape index (κ2) is 5.59. The summed E-state index contributed by atoms with van der Waals surface area (Å²) in [4.78, 5) is 0. The van der Waals surface area contributed by atoms with Gasteiger partial charge in [0.15, 0.2) is 11.4 Å². The van der Waals surface area contributed by atoms with Crippen molar-refractivity contribution in [2.24, 2.45) is 0 Å². The molecule has 1 rings (SSSR count). The normalized spacial score (nSPS) is 27.4. The minimum atomic E-state index is -6.90. The molecule has 0 radical (unpaired) electrons. The van der Waals surface area contributed by atoms with Gasteiger partial charge in [0.25, 0.3) is 6.36 Å². The van der Waals surface area contributed by atoms with E-state index in [9.17, 15) is 43.9 Å². The molecular formula is C11H12F10O3. The van der Waals surface area contributed by atoms with Gasteiger partial charge in [-0.2, -0.15) is 39.5 Å². The molecule has 0 spiro atoms. The Morgan fingerprint density at radius 2 is 1.38 bits per heavy atom. The van der Waals surface area contributed by atoms with Crippen LogP contribution in [0, 0.1) is 0 Å². The first kappa shape index (κ1) is 21.2. The Bertz CT molecular complexity index is 475. The topological polar surface area (TPSA) is 27.7 Å². The van der Waals surface area contributed by atoms with Crippen molar-refractivity contribution in [1.29, 1.82) is 0 Å². The van der Waals surface area contributed by atoms with E-state index in [4.69, 9.17) is 4.74 Å². The van der Waals surface area contributed by atoms with E-state index in [0.29, 0.717) is 6.92 Å². The highest BCUT2D eigenvalue weighted by atomic mass is 19.4. The fraction of sp³-hybridized carbons (Fsp3) is 1.00. The lowest BCUT2D eigenvalue weighted by Gasteiger charge is -2.36. The largest absolute Gasteiger partial charge is 0.462 e. The van der Waals surface area contributed by atoms with Crippen molar-refractivity contribution in [2.45, 2.75) is 62.6 Å². The highest BCUT2D eigenvalue weighted by Gasteiger charge is 2.77. The molecule has 1 saturated heterocycles. The first-order valence-corrected chi connectivity index (χ1v) is 6.15. The molecule has 0 aromatic carbocycles. The molecule has 24 heavy (non-hydrogen) atoms. The lowest BCUT2D eigenvalue weighted by atomic mass is 9.99. The Kier molecular flexibility index (Phi) is 4.95. The predicted octanol–water partition coefficient (Wildman–Crippen LogP) is 4.27. The van der Waals surface area contributed by atoms with Gasteiger partial charge in [0.05, 0.1) is 6.61 Å². The lowest BCUT2D eigenvalue weighted by molar-refractivity contribution is -0.455. The van der Waals surface area contributed by atoms with Crippen molar-refractivity contribution < 1.29 is 58.1 Å². The van der Waals surface area contributed by atoms with Gasteiger partial charge in [0.2, 0.25) is 0 Å². The molecule has 3 nitrogen and oxygen atoms in total. The van der Waals surface area contributed by atoms with E-state index < -0.39 is 48.5 Å². The maximum Gasteiger partial charge on any atom is 0.462 e. The molecule has 0 amide bonds. The number of hydrogen-bond acceptors (Lipinski definition) is 3. The molecule has 144 valence electrons. The Morgan fingerprint density at radius 3 is 1.71 bits per heavy atom. The Balaban J connectivity index is 3.03. The quantitative estimate of drug-likeness (QED) is 0.665. The Morgan fingerprint density at radius 1 is 0.917 bits per heavy atom. The predicted molar refractivity (Wildman–Crippen MR) is 56.4 cm³/mol. The van der Waals surface area contributed by atoms with Crippen LogP contribution >= 0.6 is 0 Å². The third kappa shape index (κ3) is 3.43. The highest BCUT2D eigenvalue weighted by molar-refractivity contribution is 4.99. The average Bonchev–Trinajstić information content (AvgIpc) is 2.62. The van der Waals surface area contributed by atoms with Crippen molar-refractivity contribution in [2.75, 3.05) is 6.61 Å². The summed E-state index contributed by atoms with van der Waals surface area (Å²) in [5, 5.41) is 0.